The Balaban J connectivity index is 1.33. The largest absolute Gasteiger partial charge is 0.508 e. The average Bonchev–Trinajstić information content (AvgIpc) is 3.12. The van der Waals surface area contributed by atoms with Crippen LogP contribution in [-0.2, 0) is 23.7 Å². The van der Waals surface area contributed by atoms with Gasteiger partial charge in [-0.1, -0.05) is 12.1 Å². The van der Waals surface area contributed by atoms with Gasteiger partial charge >= 0.3 is 5.97 Å². The molecule has 10 atom stereocenters. The Labute approximate surface area is 299 Å². The quantitative estimate of drug-likeness (QED) is 0.0838. The molecule has 0 bridgehead atoms. The zero-order valence-corrected chi connectivity index (χ0v) is 27.7. The summed E-state index contributed by atoms with van der Waals surface area (Å²) in [6.45, 7) is 0.764. The summed E-state index contributed by atoms with van der Waals surface area (Å²) in [6.07, 6.45) is -14.2. The Bertz CT molecular complexity index is 2010. The molecule has 0 radical (unpaired) electrons. The number of hydrogen-bond acceptors (Lipinski definition) is 17. The summed E-state index contributed by atoms with van der Waals surface area (Å²) in [5, 5.41) is 92.9. The van der Waals surface area contributed by atoms with Crippen molar-refractivity contribution in [2.24, 2.45) is 0 Å². The first-order valence-electron chi connectivity index (χ1n) is 16.2. The lowest BCUT2D eigenvalue weighted by molar-refractivity contribution is -0.319. The van der Waals surface area contributed by atoms with Gasteiger partial charge in [0.15, 0.2) is 18.2 Å². The first-order valence-corrected chi connectivity index (χ1v) is 16.2. The molecule has 4 aromatic rings. The van der Waals surface area contributed by atoms with Gasteiger partial charge in [-0.25, -0.2) is 4.79 Å². The summed E-state index contributed by atoms with van der Waals surface area (Å²) < 4.78 is 34.3. The van der Waals surface area contributed by atoms with Gasteiger partial charge in [0.25, 0.3) is 0 Å². The van der Waals surface area contributed by atoms with Crippen LogP contribution >= 0.6 is 0 Å². The molecule has 0 amide bonds. The van der Waals surface area contributed by atoms with Crippen LogP contribution in [0.2, 0.25) is 0 Å². The molecule has 3 aromatic carbocycles. The normalized spacial score (nSPS) is 28.9. The Kier molecular flexibility index (Phi) is 10.9. The number of rotatable bonds is 9. The molecule has 0 aliphatic carbocycles. The molecule has 2 fully saturated rings. The lowest BCUT2D eigenvalue weighted by Crippen LogP contribution is -2.62. The van der Waals surface area contributed by atoms with Crippen LogP contribution in [0.15, 0.2) is 76.0 Å². The second kappa shape index (κ2) is 15.4. The molecule has 0 spiro atoms. The predicted octanol–water partition coefficient (Wildman–Crippen LogP) is 0.577. The maximum absolute atomic E-state index is 13.9. The van der Waals surface area contributed by atoms with Gasteiger partial charge in [-0.05, 0) is 55.0 Å². The highest BCUT2D eigenvalue weighted by atomic mass is 16.7. The van der Waals surface area contributed by atoms with Crippen molar-refractivity contribution in [1.82, 2.24) is 0 Å². The van der Waals surface area contributed by atoms with Crippen molar-refractivity contribution in [2.75, 3.05) is 6.61 Å². The number of phenols is 4. The fourth-order valence-corrected chi connectivity index (χ4v) is 5.84. The minimum absolute atomic E-state index is 0.00274. The number of aromatic hydroxyl groups is 4. The van der Waals surface area contributed by atoms with Crippen LogP contribution in [-0.4, -0.2) is 120 Å². The number of aliphatic hydroxyl groups excluding tert-OH is 5. The molecule has 0 unspecified atom stereocenters. The van der Waals surface area contributed by atoms with Crippen LogP contribution in [0, 0.1) is 0 Å². The molecule has 1 aromatic heterocycles. The first kappa shape index (κ1) is 37.5. The van der Waals surface area contributed by atoms with Crippen molar-refractivity contribution in [3.8, 4) is 40.1 Å². The van der Waals surface area contributed by atoms with Crippen LogP contribution in [0.1, 0.15) is 12.5 Å². The van der Waals surface area contributed by atoms with E-state index in [1.165, 1.54) is 61.5 Å². The monoisotopic (exact) mass is 740 g/mol. The molecule has 6 rings (SSSR count). The highest BCUT2D eigenvalue weighted by Crippen LogP contribution is 2.38. The zero-order chi connectivity index (χ0) is 38.1. The minimum Gasteiger partial charge on any atom is -0.508 e. The van der Waals surface area contributed by atoms with Crippen molar-refractivity contribution < 1.29 is 78.9 Å². The second-order valence-corrected chi connectivity index (χ2v) is 12.5. The molecule has 2 saturated heterocycles. The number of hydrogen-bond donors (Lipinski definition) is 9. The van der Waals surface area contributed by atoms with Crippen LogP contribution < -0.4 is 10.2 Å². The van der Waals surface area contributed by atoms with E-state index in [9.17, 15) is 55.5 Å². The van der Waals surface area contributed by atoms with Crippen molar-refractivity contribution in [3.05, 3.63) is 82.5 Å². The molecule has 17 heteroatoms. The van der Waals surface area contributed by atoms with Gasteiger partial charge in [0, 0.05) is 23.8 Å². The maximum Gasteiger partial charge on any atom is 0.331 e. The Morgan fingerprint density at radius 3 is 2.09 bits per heavy atom. The third-order valence-corrected chi connectivity index (χ3v) is 8.71. The number of carbonyl (C=O) groups is 1. The Hall–Kier alpha value is -5.24. The van der Waals surface area contributed by atoms with Gasteiger partial charge in [-0.3, -0.25) is 4.79 Å². The molecule has 2 aliphatic rings. The fourth-order valence-electron chi connectivity index (χ4n) is 5.84. The van der Waals surface area contributed by atoms with E-state index in [1.807, 2.05) is 0 Å². The summed E-state index contributed by atoms with van der Waals surface area (Å²) in [5.74, 6) is -3.17. The third-order valence-electron chi connectivity index (χ3n) is 8.71. The van der Waals surface area contributed by atoms with E-state index in [2.05, 4.69) is 0 Å². The predicted molar refractivity (Wildman–Crippen MR) is 180 cm³/mol. The van der Waals surface area contributed by atoms with Gasteiger partial charge in [0.2, 0.25) is 17.5 Å². The summed E-state index contributed by atoms with van der Waals surface area (Å²) in [5.41, 5.74) is -0.569. The van der Waals surface area contributed by atoms with E-state index in [4.69, 9.17) is 28.1 Å². The van der Waals surface area contributed by atoms with Gasteiger partial charge in [0.05, 0.1) is 12.7 Å². The van der Waals surface area contributed by atoms with Crippen LogP contribution in [0.25, 0.3) is 28.4 Å². The standard InChI is InChI=1S/C36H36O17/c1-15-26(42)28(44)30(46)35(49-15)48-14-23-33(52-24(41)11-4-16-2-7-18(37)8-3-16)29(45)31(47)36(51-23)53-34-27(43)25-21(40)12-20(39)13-22(25)50-32(34)17-5-9-19(38)10-6-17/h2-13,15,23,26,28-31,33,35-40,42,44-47H,14H2,1H3/b11-4+/t15-,23+,26-,28+,29+,30+,31+,33-,35-,36-/m0/s1. The van der Waals surface area contributed by atoms with E-state index in [0.717, 1.165) is 18.2 Å². The van der Waals surface area contributed by atoms with Gasteiger partial charge < -0.3 is 74.1 Å². The number of carbonyl (C=O) groups excluding carboxylic acids is 1. The number of benzene rings is 3. The molecule has 2 aliphatic heterocycles. The summed E-state index contributed by atoms with van der Waals surface area (Å²) in [7, 11) is 0. The van der Waals surface area contributed by atoms with E-state index >= 15 is 0 Å². The number of esters is 1. The van der Waals surface area contributed by atoms with Gasteiger partial charge in [0.1, 0.15) is 70.6 Å². The maximum atomic E-state index is 13.9. The fraction of sp³-hybridized carbons (Fsp3) is 0.333. The SMILES string of the molecule is C[C@@H]1O[C@H](OC[C@H]2O[C@@H](Oc3c(-c4ccc(O)cc4)oc4cc(O)cc(O)c4c3=O)[C@H](O)[C@@H](O)[C@H]2OC(=O)/C=C/c2ccc(O)cc2)[C@H](O)[C@H](O)[C@H]1O. The van der Waals surface area contributed by atoms with Crippen LogP contribution in [0.4, 0.5) is 0 Å². The average molecular weight is 741 g/mol. The number of ether oxygens (including phenoxy) is 5. The molecule has 9 N–H and O–H groups in total. The highest BCUT2D eigenvalue weighted by molar-refractivity contribution is 5.88. The molecular weight excluding hydrogens is 704 g/mol. The van der Waals surface area contributed by atoms with E-state index in [1.54, 1.807) is 0 Å². The smallest absolute Gasteiger partial charge is 0.331 e. The summed E-state index contributed by atoms with van der Waals surface area (Å²) in [6, 6.07) is 13.0. The Morgan fingerprint density at radius 2 is 1.42 bits per heavy atom. The molecule has 0 saturated carbocycles. The highest BCUT2D eigenvalue weighted by Gasteiger charge is 2.50. The van der Waals surface area contributed by atoms with E-state index in [-0.39, 0.29) is 28.4 Å². The number of fused-ring (bicyclic) bond motifs is 1. The van der Waals surface area contributed by atoms with Crippen molar-refractivity contribution in [1.29, 1.82) is 0 Å². The van der Waals surface area contributed by atoms with Crippen molar-refractivity contribution in [2.45, 2.75) is 68.3 Å². The zero-order valence-electron chi connectivity index (χ0n) is 27.7. The topological polar surface area (TPSA) is 275 Å². The number of phenolic OH excluding ortho intramolecular Hbond substituents is 4. The van der Waals surface area contributed by atoms with Crippen LogP contribution in [0.3, 0.4) is 0 Å². The second-order valence-electron chi connectivity index (χ2n) is 12.5. The van der Waals surface area contributed by atoms with Gasteiger partial charge in [-0.2, -0.15) is 0 Å². The minimum atomic E-state index is -2.03. The third kappa shape index (κ3) is 7.92. The van der Waals surface area contributed by atoms with Crippen molar-refractivity contribution in [3.63, 3.8) is 0 Å². The lowest BCUT2D eigenvalue weighted by Gasteiger charge is -2.43. The van der Waals surface area contributed by atoms with E-state index < -0.39 is 102 Å². The molecule has 3 heterocycles. The molecule has 17 nitrogen and oxygen atoms in total. The number of aliphatic hydroxyl groups is 5. The van der Waals surface area contributed by atoms with Gasteiger partial charge in [-0.15, -0.1) is 0 Å². The summed E-state index contributed by atoms with van der Waals surface area (Å²) >= 11 is 0. The Morgan fingerprint density at radius 1 is 0.774 bits per heavy atom. The molecular formula is C36H36O17. The molecule has 53 heavy (non-hydrogen) atoms. The lowest BCUT2D eigenvalue weighted by atomic mass is 9.98. The van der Waals surface area contributed by atoms with E-state index in [0.29, 0.717) is 5.56 Å². The van der Waals surface area contributed by atoms with Crippen molar-refractivity contribution >= 4 is 23.0 Å². The molecule has 282 valence electrons. The summed E-state index contributed by atoms with van der Waals surface area (Å²) in [4.78, 5) is 26.8. The van der Waals surface area contributed by atoms with Crippen LogP contribution in [0.5, 0.6) is 28.7 Å². The first-order chi connectivity index (χ1) is 25.2.